The summed E-state index contributed by atoms with van der Waals surface area (Å²) < 4.78 is 64.1. The third kappa shape index (κ3) is 8.29. The van der Waals surface area contributed by atoms with Crippen molar-refractivity contribution in [3.63, 3.8) is 0 Å². The molecule has 0 radical (unpaired) electrons. The monoisotopic (exact) mass is 981 g/mol. The highest BCUT2D eigenvalue weighted by Crippen LogP contribution is 2.80. The van der Waals surface area contributed by atoms with Gasteiger partial charge in [0.15, 0.2) is 36.9 Å². The molecule has 4 saturated carbocycles. The van der Waals surface area contributed by atoms with Crippen LogP contribution in [0.1, 0.15) is 128 Å². The number of allylic oxidation sites excluding steroid dienone is 1. The van der Waals surface area contributed by atoms with Gasteiger partial charge in [-0.15, -0.1) is 0 Å². The zero-order valence-corrected chi connectivity index (χ0v) is 42.3. The summed E-state index contributed by atoms with van der Waals surface area (Å²) in [6, 6.07) is 0. The van der Waals surface area contributed by atoms with Gasteiger partial charge in [0.1, 0.15) is 42.7 Å². The zero-order chi connectivity index (χ0) is 50.1. The number of aliphatic hydroxyl groups is 6. The lowest BCUT2D eigenvalue weighted by atomic mass is 9.35. The molecule has 392 valence electrons. The van der Waals surface area contributed by atoms with E-state index in [1.54, 1.807) is 13.8 Å². The Morgan fingerprint density at radius 3 is 2.03 bits per heavy atom. The standard InChI is InChI=1S/C51H80O18/c1-23(2)18-28-19-49(11,69-45-41(65-27(6)53)39(64-26(5)52)35(56)25(4)63-45)42-29-12-13-32-47(9)16-15-33(46(7,8)31(47)14-17-48(32,10)50(29)21-51(42,68-28)61-22-50)66-44-40(36(57)30(54)20-60-44)67-43-38(59)37(58)34(55)24(3)62-43/h18,24-25,28-45,54-59H,12-17,19-22H2,1-11H3/t24-,25+,28-,29+,30-,31-,32+,33-,34-,35+,36-,37+,38+,39-,40+,41-,42-,43-,44-,45+,47-,48+,49-,50-,51-/m0/s1. The summed E-state index contributed by atoms with van der Waals surface area (Å²) in [6.07, 6.45) is -9.78. The molecular weight excluding hydrogens is 901 g/mol. The number of aliphatic hydroxyl groups excluding tert-OH is 6. The van der Waals surface area contributed by atoms with E-state index in [9.17, 15) is 40.2 Å². The molecule has 9 aliphatic rings. The van der Waals surface area contributed by atoms with Crippen molar-refractivity contribution in [3.05, 3.63) is 11.6 Å². The predicted molar refractivity (Wildman–Crippen MR) is 241 cm³/mol. The van der Waals surface area contributed by atoms with Gasteiger partial charge in [-0.1, -0.05) is 39.3 Å². The molecule has 0 aromatic heterocycles. The summed E-state index contributed by atoms with van der Waals surface area (Å²) in [7, 11) is 0. The molecule has 2 bridgehead atoms. The summed E-state index contributed by atoms with van der Waals surface area (Å²) in [4.78, 5) is 25.0. The maximum absolute atomic E-state index is 12.6. The first kappa shape index (κ1) is 52.0. The fourth-order valence-corrected chi connectivity index (χ4v) is 16.4. The number of hydrogen-bond donors (Lipinski definition) is 6. The van der Waals surface area contributed by atoms with Crippen LogP contribution in [0.5, 0.6) is 0 Å². The maximum atomic E-state index is 12.6. The van der Waals surface area contributed by atoms with Crippen molar-refractivity contribution in [1.29, 1.82) is 0 Å². The van der Waals surface area contributed by atoms with Gasteiger partial charge in [-0.3, -0.25) is 9.59 Å². The van der Waals surface area contributed by atoms with E-state index in [-0.39, 0.29) is 58.2 Å². The lowest BCUT2D eigenvalue weighted by Crippen LogP contribution is -2.69. The van der Waals surface area contributed by atoms with Crippen LogP contribution in [0.4, 0.5) is 0 Å². The van der Waals surface area contributed by atoms with Gasteiger partial charge in [-0.2, -0.15) is 0 Å². The lowest BCUT2D eigenvalue weighted by molar-refractivity contribution is -0.385. The first-order chi connectivity index (χ1) is 32.2. The van der Waals surface area contributed by atoms with E-state index in [1.807, 2.05) is 13.8 Å². The Balaban J connectivity index is 0.984. The highest BCUT2D eigenvalue weighted by molar-refractivity contribution is 5.67. The van der Waals surface area contributed by atoms with Gasteiger partial charge in [-0.25, -0.2) is 0 Å². The largest absolute Gasteiger partial charge is 0.455 e. The molecule has 18 heteroatoms. The molecule has 5 aliphatic heterocycles. The first-order valence-corrected chi connectivity index (χ1v) is 25.5. The Morgan fingerprint density at radius 1 is 0.681 bits per heavy atom. The molecule has 9 fully saturated rings. The Labute approximate surface area is 405 Å². The Hall–Kier alpha value is -1.88. The minimum atomic E-state index is -1.62. The van der Waals surface area contributed by atoms with Crippen LogP contribution in [0.2, 0.25) is 0 Å². The summed E-state index contributed by atoms with van der Waals surface area (Å²) in [5.41, 5.74) is -0.782. The lowest BCUT2D eigenvalue weighted by Gasteiger charge is -2.70. The van der Waals surface area contributed by atoms with Gasteiger partial charge in [-0.05, 0) is 107 Å². The topological polar surface area (TPSA) is 248 Å². The fraction of sp³-hybridized carbons (Fsp3) is 0.922. The second-order valence-electron chi connectivity index (χ2n) is 24.1. The van der Waals surface area contributed by atoms with E-state index in [2.05, 4.69) is 40.7 Å². The molecule has 0 aromatic rings. The van der Waals surface area contributed by atoms with Crippen LogP contribution in [-0.2, 0) is 57.0 Å². The van der Waals surface area contributed by atoms with Crippen LogP contribution >= 0.6 is 0 Å². The van der Waals surface area contributed by atoms with E-state index in [0.29, 0.717) is 31.8 Å². The highest BCUT2D eigenvalue weighted by atomic mass is 16.8. The number of esters is 2. The molecule has 0 aromatic carbocycles. The molecule has 18 nitrogen and oxygen atoms in total. The molecule has 0 unspecified atom stereocenters. The van der Waals surface area contributed by atoms with Crippen molar-refractivity contribution in [2.24, 2.45) is 45.3 Å². The number of hydrogen-bond acceptors (Lipinski definition) is 18. The number of fused-ring (bicyclic) bond motifs is 4. The minimum Gasteiger partial charge on any atom is -0.455 e. The average molecular weight is 981 g/mol. The Morgan fingerprint density at radius 2 is 1.35 bits per heavy atom. The summed E-state index contributed by atoms with van der Waals surface area (Å²) >= 11 is 0. The molecule has 69 heavy (non-hydrogen) atoms. The number of rotatable bonds is 9. The average Bonchev–Trinajstić information content (AvgIpc) is 3.78. The zero-order valence-electron chi connectivity index (χ0n) is 42.3. The Kier molecular flexibility index (Phi) is 13.7. The fourth-order valence-electron chi connectivity index (χ4n) is 16.4. The predicted octanol–water partition coefficient (Wildman–Crippen LogP) is 3.16. The van der Waals surface area contributed by atoms with Crippen molar-refractivity contribution in [2.45, 2.75) is 237 Å². The smallest absolute Gasteiger partial charge is 0.303 e. The van der Waals surface area contributed by atoms with Crippen LogP contribution in [0.3, 0.4) is 0 Å². The van der Waals surface area contributed by atoms with Gasteiger partial charge in [0.05, 0.1) is 43.2 Å². The van der Waals surface area contributed by atoms with E-state index >= 15 is 0 Å². The maximum Gasteiger partial charge on any atom is 0.303 e. The second-order valence-corrected chi connectivity index (χ2v) is 24.1. The minimum absolute atomic E-state index is 0.104. The third-order valence-corrected chi connectivity index (χ3v) is 19.3. The molecule has 5 saturated heterocycles. The van der Waals surface area contributed by atoms with Gasteiger partial charge in [0, 0.05) is 38.0 Å². The van der Waals surface area contributed by atoms with Crippen LogP contribution in [0.25, 0.3) is 0 Å². The van der Waals surface area contributed by atoms with Crippen molar-refractivity contribution >= 4 is 11.9 Å². The molecular formula is C51H80O18. The molecule has 9 rings (SSSR count). The van der Waals surface area contributed by atoms with E-state index in [4.69, 9.17) is 47.4 Å². The van der Waals surface area contributed by atoms with Gasteiger partial charge in [0.2, 0.25) is 0 Å². The van der Waals surface area contributed by atoms with Crippen molar-refractivity contribution in [2.75, 3.05) is 13.2 Å². The van der Waals surface area contributed by atoms with E-state index in [1.165, 1.54) is 13.8 Å². The van der Waals surface area contributed by atoms with Crippen LogP contribution in [-0.4, -0.2) is 165 Å². The van der Waals surface area contributed by atoms with Gasteiger partial charge < -0.3 is 78.0 Å². The van der Waals surface area contributed by atoms with Crippen LogP contribution in [0, 0.1) is 45.3 Å². The van der Waals surface area contributed by atoms with Gasteiger partial charge >= 0.3 is 11.9 Å². The summed E-state index contributed by atoms with van der Waals surface area (Å²) in [5.74, 6) is -1.80. The molecule has 25 atom stereocenters. The van der Waals surface area contributed by atoms with E-state index < -0.39 is 109 Å². The first-order valence-electron chi connectivity index (χ1n) is 25.5. The quantitative estimate of drug-likeness (QED) is 0.110. The van der Waals surface area contributed by atoms with Gasteiger partial charge in [0.25, 0.3) is 0 Å². The highest BCUT2D eigenvalue weighted by Gasteiger charge is 2.81. The van der Waals surface area contributed by atoms with E-state index in [0.717, 1.165) is 37.7 Å². The summed E-state index contributed by atoms with van der Waals surface area (Å²) in [5, 5.41) is 64.7. The second kappa shape index (κ2) is 18.2. The van der Waals surface area contributed by atoms with Crippen molar-refractivity contribution in [3.8, 4) is 0 Å². The molecule has 6 N–H and O–H groups in total. The van der Waals surface area contributed by atoms with Crippen molar-refractivity contribution < 1.29 is 87.6 Å². The number of carbonyl (C=O) groups excluding carboxylic acids is 2. The van der Waals surface area contributed by atoms with Crippen molar-refractivity contribution in [1.82, 2.24) is 0 Å². The SMILES string of the molecule is CC(=O)O[C@@H]1[C@@H](O[C@@]2(C)C[C@H](C=C(C)C)O[C@]34C[C@]5(CO3)[C@H](CC[C@@H]3[C@@]6(C)CC[C@H](O[C@@H]7OC[C@H](O)[C@H](O)[C@H]7O[C@@H]7O[C@@H](C)[C@H](O)[C@@H](O)[C@H]7O)C(C)(C)[C@@H]6CC[C@]35C)[C@H]42)O[C@H](C)[C@@H](O)[C@@H]1OC(C)=O. The molecule has 4 aliphatic carbocycles. The molecule has 2 spiro atoms. The van der Waals surface area contributed by atoms with Crippen LogP contribution in [0.15, 0.2) is 11.6 Å². The third-order valence-electron chi connectivity index (χ3n) is 19.3. The normalized spacial score (nSPS) is 54.3. The van der Waals surface area contributed by atoms with Crippen LogP contribution < -0.4 is 0 Å². The molecule has 0 amide bonds. The molecule has 5 heterocycles. The summed E-state index contributed by atoms with van der Waals surface area (Å²) in [6.45, 7) is 21.7. The number of ether oxygens (including phenoxy) is 10. The Bertz CT molecular complexity index is 1960. The number of carbonyl (C=O) groups is 2.